The molecule has 0 saturated heterocycles. The Bertz CT molecular complexity index is 599. The van der Waals surface area contributed by atoms with Crippen LogP contribution in [0, 0.1) is 0 Å². The molecule has 5 N–H and O–H groups in total. The minimum Gasteiger partial charge on any atom is -0.409 e. The molecule has 0 aliphatic rings. The lowest BCUT2D eigenvalue weighted by Crippen LogP contribution is -2.24. The van der Waals surface area contributed by atoms with E-state index in [0.29, 0.717) is 12.1 Å². The zero-order valence-electron chi connectivity index (χ0n) is 11.6. The van der Waals surface area contributed by atoms with Crippen LogP contribution in [0.2, 0.25) is 0 Å². The van der Waals surface area contributed by atoms with E-state index in [9.17, 15) is 5.11 Å². The molecule has 0 fully saturated rings. The number of aliphatic hydroxyl groups is 1. The van der Waals surface area contributed by atoms with Crippen LogP contribution in [0.1, 0.15) is 22.7 Å². The van der Waals surface area contributed by atoms with Crippen LogP contribution in [-0.2, 0) is 6.54 Å². The zero-order chi connectivity index (χ0) is 15.1. The first-order chi connectivity index (χ1) is 10.2. The number of rotatable bonds is 6. The lowest BCUT2D eigenvalue weighted by molar-refractivity contribution is 0.243. The van der Waals surface area contributed by atoms with Gasteiger partial charge in [0.05, 0.1) is 12.6 Å². The van der Waals surface area contributed by atoms with Crippen molar-refractivity contribution in [2.75, 3.05) is 6.61 Å². The van der Waals surface area contributed by atoms with Crippen molar-refractivity contribution in [3.63, 3.8) is 0 Å². The molecule has 5 heteroatoms. The topological polar surface area (TPSA) is 90.9 Å². The Labute approximate surface area is 123 Å². The van der Waals surface area contributed by atoms with Crippen molar-refractivity contribution in [3.8, 4) is 0 Å². The normalized spacial score (nSPS) is 13.1. The summed E-state index contributed by atoms with van der Waals surface area (Å²) in [6.45, 7) is 0.594. The van der Waals surface area contributed by atoms with Crippen LogP contribution >= 0.6 is 0 Å². The minimum atomic E-state index is -0.126. The smallest absolute Gasteiger partial charge is 0.170 e. The molecule has 2 aromatic carbocycles. The number of nitrogens with zero attached hydrogens (tertiary/aromatic N) is 1. The van der Waals surface area contributed by atoms with Gasteiger partial charge in [-0.3, -0.25) is 0 Å². The summed E-state index contributed by atoms with van der Waals surface area (Å²) < 4.78 is 0. The standard InChI is InChI=1S/C16H19N3O2/c17-16(19-21)14-8-4-5-12(9-14)10-18-15(11-20)13-6-2-1-3-7-13/h1-9,15,18,20-21H,10-11H2,(H2,17,19). The van der Waals surface area contributed by atoms with Crippen LogP contribution in [0.25, 0.3) is 0 Å². The van der Waals surface area contributed by atoms with Gasteiger partial charge in [0.25, 0.3) is 0 Å². The monoisotopic (exact) mass is 285 g/mol. The fourth-order valence-corrected chi connectivity index (χ4v) is 2.11. The Morgan fingerprint density at radius 3 is 2.57 bits per heavy atom. The number of oxime groups is 1. The zero-order valence-corrected chi connectivity index (χ0v) is 11.6. The van der Waals surface area contributed by atoms with E-state index in [1.165, 1.54) is 0 Å². The van der Waals surface area contributed by atoms with Gasteiger partial charge in [-0.25, -0.2) is 0 Å². The van der Waals surface area contributed by atoms with E-state index in [1.807, 2.05) is 48.5 Å². The van der Waals surface area contributed by atoms with E-state index in [0.717, 1.165) is 11.1 Å². The van der Waals surface area contributed by atoms with E-state index in [-0.39, 0.29) is 18.5 Å². The van der Waals surface area contributed by atoms with Crippen molar-refractivity contribution in [1.82, 2.24) is 5.32 Å². The average Bonchev–Trinajstić information content (AvgIpc) is 2.56. The van der Waals surface area contributed by atoms with Crippen LogP contribution in [0.5, 0.6) is 0 Å². The van der Waals surface area contributed by atoms with Crippen LogP contribution < -0.4 is 11.1 Å². The number of nitrogens with one attached hydrogen (secondary N) is 1. The van der Waals surface area contributed by atoms with Gasteiger partial charge in [-0.1, -0.05) is 53.7 Å². The second-order valence-corrected chi connectivity index (χ2v) is 4.71. The lowest BCUT2D eigenvalue weighted by atomic mass is 10.1. The maximum atomic E-state index is 9.50. The SMILES string of the molecule is NC(=NO)c1cccc(CNC(CO)c2ccccc2)c1. The molecule has 110 valence electrons. The highest BCUT2D eigenvalue weighted by atomic mass is 16.4. The summed E-state index contributed by atoms with van der Waals surface area (Å²) in [7, 11) is 0. The largest absolute Gasteiger partial charge is 0.409 e. The molecular weight excluding hydrogens is 266 g/mol. The Morgan fingerprint density at radius 2 is 1.90 bits per heavy atom. The molecule has 21 heavy (non-hydrogen) atoms. The van der Waals surface area contributed by atoms with Gasteiger partial charge in [0.1, 0.15) is 0 Å². The Kier molecular flexibility index (Phi) is 5.31. The van der Waals surface area contributed by atoms with Crippen molar-refractivity contribution in [2.45, 2.75) is 12.6 Å². The summed E-state index contributed by atoms with van der Waals surface area (Å²) in [5.74, 6) is 0.0821. The Balaban J connectivity index is 2.05. The quantitative estimate of drug-likeness (QED) is 0.281. The summed E-state index contributed by atoms with van der Waals surface area (Å²) >= 11 is 0. The van der Waals surface area contributed by atoms with Crippen LogP contribution in [0.15, 0.2) is 59.8 Å². The van der Waals surface area contributed by atoms with Crippen LogP contribution in [-0.4, -0.2) is 22.8 Å². The summed E-state index contributed by atoms with van der Waals surface area (Å²) in [5.41, 5.74) is 8.27. The second kappa shape index (κ2) is 7.42. The Morgan fingerprint density at radius 1 is 1.14 bits per heavy atom. The molecule has 2 aromatic rings. The second-order valence-electron chi connectivity index (χ2n) is 4.71. The number of nitrogens with two attached hydrogens (primary N) is 1. The van der Waals surface area contributed by atoms with E-state index >= 15 is 0 Å². The summed E-state index contributed by atoms with van der Waals surface area (Å²) in [6, 6.07) is 17.1. The van der Waals surface area contributed by atoms with Crippen molar-refractivity contribution in [3.05, 3.63) is 71.3 Å². The maximum Gasteiger partial charge on any atom is 0.170 e. The van der Waals surface area contributed by atoms with Crippen LogP contribution in [0.3, 0.4) is 0 Å². The molecule has 1 unspecified atom stereocenters. The number of amidine groups is 1. The molecule has 0 spiro atoms. The molecule has 0 aliphatic carbocycles. The summed E-state index contributed by atoms with van der Waals surface area (Å²) in [6.07, 6.45) is 0. The lowest BCUT2D eigenvalue weighted by Gasteiger charge is -2.17. The van der Waals surface area contributed by atoms with E-state index < -0.39 is 0 Å². The molecule has 0 aromatic heterocycles. The fourth-order valence-electron chi connectivity index (χ4n) is 2.11. The predicted octanol–water partition coefficient (Wildman–Crippen LogP) is 1.60. The van der Waals surface area contributed by atoms with Gasteiger partial charge in [0.15, 0.2) is 5.84 Å². The molecule has 2 rings (SSSR count). The number of benzene rings is 2. The van der Waals surface area contributed by atoms with E-state index in [1.54, 1.807) is 6.07 Å². The molecular formula is C16H19N3O2. The third-order valence-electron chi connectivity index (χ3n) is 3.27. The van der Waals surface area contributed by atoms with Gasteiger partial charge < -0.3 is 21.4 Å². The first kappa shape index (κ1) is 15.0. The van der Waals surface area contributed by atoms with Gasteiger partial charge in [-0.2, -0.15) is 0 Å². The highest BCUT2D eigenvalue weighted by Crippen LogP contribution is 2.13. The van der Waals surface area contributed by atoms with Crippen molar-refractivity contribution in [2.24, 2.45) is 10.9 Å². The summed E-state index contributed by atoms with van der Waals surface area (Å²) in [4.78, 5) is 0. The first-order valence-corrected chi connectivity index (χ1v) is 6.70. The Hall–Kier alpha value is -2.37. The number of hydrogen-bond donors (Lipinski definition) is 4. The average molecular weight is 285 g/mol. The molecule has 0 bridgehead atoms. The third-order valence-corrected chi connectivity index (χ3v) is 3.27. The fraction of sp³-hybridized carbons (Fsp3) is 0.188. The number of aliphatic hydroxyl groups excluding tert-OH is 1. The van der Waals surface area contributed by atoms with E-state index in [4.69, 9.17) is 10.9 Å². The van der Waals surface area contributed by atoms with Gasteiger partial charge in [0, 0.05) is 12.1 Å². The van der Waals surface area contributed by atoms with Gasteiger partial charge in [0.2, 0.25) is 0 Å². The van der Waals surface area contributed by atoms with E-state index in [2.05, 4.69) is 10.5 Å². The molecule has 0 radical (unpaired) electrons. The van der Waals surface area contributed by atoms with Gasteiger partial charge in [-0.15, -0.1) is 0 Å². The molecule has 5 nitrogen and oxygen atoms in total. The highest BCUT2D eigenvalue weighted by Gasteiger charge is 2.09. The van der Waals surface area contributed by atoms with Crippen molar-refractivity contribution < 1.29 is 10.3 Å². The highest BCUT2D eigenvalue weighted by molar-refractivity contribution is 5.97. The summed E-state index contributed by atoms with van der Waals surface area (Å²) in [5, 5.41) is 24.5. The molecule has 0 saturated carbocycles. The van der Waals surface area contributed by atoms with Gasteiger partial charge >= 0.3 is 0 Å². The van der Waals surface area contributed by atoms with Gasteiger partial charge in [-0.05, 0) is 17.2 Å². The maximum absolute atomic E-state index is 9.50. The van der Waals surface area contributed by atoms with Crippen molar-refractivity contribution in [1.29, 1.82) is 0 Å². The van der Waals surface area contributed by atoms with Crippen LogP contribution in [0.4, 0.5) is 0 Å². The number of hydrogen-bond acceptors (Lipinski definition) is 4. The molecule has 0 aliphatic heterocycles. The molecule has 0 amide bonds. The molecule has 1 atom stereocenters. The first-order valence-electron chi connectivity index (χ1n) is 6.70. The predicted molar refractivity (Wildman–Crippen MR) is 82.1 cm³/mol. The molecule has 0 heterocycles. The minimum absolute atomic E-state index is 0.0178. The third kappa shape index (κ3) is 4.05. The van der Waals surface area contributed by atoms with Crippen molar-refractivity contribution >= 4 is 5.84 Å².